The second-order valence-electron chi connectivity index (χ2n) is 4.89. The summed E-state index contributed by atoms with van der Waals surface area (Å²) in [5.41, 5.74) is 0.507. The highest BCUT2D eigenvalue weighted by Crippen LogP contribution is 2.14. The lowest BCUT2D eigenvalue weighted by Gasteiger charge is -2.21. The van der Waals surface area contributed by atoms with Gasteiger partial charge in [-0.05, 0) is 31.0 Å². The Kier molecular flexibility index (Phi) is 4.50. The zero-order valence-electron chi connectivity index (χ0n) is 10.9. The zero-order valence-corrected chi connectivity index (χ0v) is 10.9. The van der Waals surface area contributed by atoms with E-state index in [2.05, 4.69) is 4.90 Å². The summed E-state index contributed by atoms with van der Waals surface area (Å²) in [5.74, 6) is -1.91. The molecule has 0 saturated carbocycles. The summed E-state index contributed by atoms with van der Waals surface area (Å²) in [6.45, 7) is 5.11. The predicted molar refractivity (Wildman–Crippen MR) is 68.7 cm³/mol. The van der Waals surface area contributed by atoms with Gasteiger partial charge in [-0.2, -0.15) is 0 Å². The number of carboxylic acid groups (broad SMARTS) is 1. The molecule has 1 N–H and O–H groups in total. The van der Waals surface area contributed by atoms with Gasteiger partial charge in [0.1, 0.15) is 5.82 Å². The van der Waals surface area contributed by atoms with Crippen LogP contribution in [0.2, 0.25) is 0 Å². The van der Waals surface area contributed by atoms with E-state index in [0.717, 1.165) is 31.7 Å². The third kappa shape index (κ3) is 3.75. The lowest BCUT2D eigenvalue weighted by molar-refractivity contribution is 0.0668. The quantitative estimate of drug-likeness (QED) is 0.911. The van der Waals surface area contributed by atoms with Crippen molar-refractivity contribution in [1.82, 2.24) is 4.90 Å². The van der Waals surface area contributed by atoms with Crippen molar-refractivity contribution in [1.29, 1.82) is 0 Å². The molecular formula is C14H18FNO3. The minimum Gasteiger partial charge on any atom is -0.478 e. The van der Waals surface area contributed by atoms with E-state index in [0.29, 0.717) is 6.54 Å². The highest BCUT2D eigenvalue weighted by atomic mass is 19.1. The normalized spacial score (nSPS) is 21.1. The van der Waals surface area contributed by atoms with E-state index >= 15 is 0 Å². The maximum absolute atomic E-state index is 13.6. The molecule has 1 saturated heterocycles. The summed E-state index contributed by atoms with van der Waals surface area (Å²) in [7, 11) is 0. The third-order valence-electron chi connectivity index (χ3n) is 3.21. The molecule has 0 radical (unpaired) electrons. The van der Waals surface area contributed by atoms with Crippen LogP contribution in [-0.2, 0) is 11.3 Å². The van der Waals surface area contributed by atoms with E-state index < -0.39 is 11.8 Å². The van der Waals surface area contributed by atoms with Crippen LogP contribution in [0.25, 0.3) is 0 Å². The van der Waals surface area contributed by atoms with E-state index in [1.54, 1.807) is 6.07 Å². The molecule has 1 atom stereocenters. The second-order valence-corrected chi connectivity index (χ2v) is 4.89. The molecule has 19 heavy (non-hydrogen) atoms. The number of hydrogen-bond acceptors (Lipinski definition) is 3. The number of ether oxygens (including phenoxy) is 1. The van der Waals surface area contributed by atoms with Gasteiger partial charge in [0.25, 0.3) is 0 Å². The van der Waals surface area contributed by atoms with Crippen molar-refractivity contribution in [2.45, 2.75) is 26.0 Å². The van der Waals surface area contributed by atoms with E-state index in [9.17, 15) is 9.18 Å². The molecule has 1 aliphatic heterocycles. The number of carbonyl (C=O) groups is 1. The zero-order chi connectivity index (χ0) is 13.8. The highest BCUT2D eigenvalue weighted by molar-refractivity contribution is 5.87. The smallest absolute Gasteiger partial charge is 0.338 e. The molecule has 1 aliphatic rings. The minimum atomic E-state index is -1.24. The first-order chi connectivity index (χ1) is 9.06. The Morgan fingerprint density at radius 1 is 1.58 bits per heavy atom. The van der Waals surface area contributed by atoms with Crippen molar-refractivity contribution in [3.05, 3.63) is 35.1 Å². The van der Waals surface area contributed by atoms with Gasteiger partial charge < -0.3 is 9.84 Å². The molecule has 0 amide bonds. The van der Waals surface area contributed by atoms with Crippen LogP contribution >= 0.6 is 0 Å². The molecular weight excluding hydrogens is 249 g/mol. The molecule has 1 unspecified atom stereocenters. The van der Waals surface area contributed by atoms with Gasteiger partial charge in [0.15, 0.2) is 0 Å². The summed E-state index contributed by atoms with van der Waals surface area (Å²) in [6, 6.07) is 4.30. The van der Waals surface area contributed by atoms with Crippen molar-refractivity contribution in [3.63, 3.8) is 0 Å². The van der Waals surface area contributed by atoms with Crippen LogP contribution in [0, 0.1) is 5.82 Å². The fraction of sp³-hybridized carbons (Fsp3) is 0.500. The van der Waals surface area contributed by atoms with Crippen molar-refractivity contribution in [2.24, 2.45) is 0 Å². The van der Waals surface area contributed by atoms with Gasteiger partial charge in [0, 0.05) is 26.2 Å². The molecule has 2 rings (SSSR count). The van der Waals surface area contributed by atoms with E-state index in [4.69, 9.17) is 9.84 Å². The molecule has 0 aromatic heterocycles. The SMILES string of the molecule is CC1CN(Cc2ccc(C(=O)O)c(F)c2)CCCO1. The average Bonchev–Trinajstić information content (AvgIpc) is 2.53. The Hall–Kier alpha value is -1.46. The topological polar surface area (TPSA) is 49.8 Å². The van der Waals surface area contributed by atoms with E-state index in [1.165, 1.54) is 12.1 Å². The van der Waals surface area contributed by atoms with Crippen LogP contribution < -0.4 is 0 Å². The molecule has 1 aromatic carbocycles. The predicted octanol–water partition coefficient (Wildman–Crippen LogP) is 2.13. The standard InChI is InChI=1S/C14H18FNO3/c1-10-8-16(5-2-6-19-10)9-11-3-4-12(14(17)18)13(15)7-11/h3-4,7,10H,2,5-6,8-9H2,1H3,(H,17,18). The minimum absolute atomic E-state index is 0.172. The lowest BCUT2D eigenvalue weighted by Crippen LogP contribution is -2.29. The molecule has 5 heteroatoms. The van der Waals surface area contributed by atoms with Crippen molar-refractivity contribution < 1.29 is 19.0 Å². The van der Waals surface area contributed by atoms with Crippen LogP contribution in [0.1, 0.15) is 29.3 Å². The van der Waals surface area contributed by atoms with Crippen LogP contribution in [0.5, 0.6) is 0 Å². The molecule has 0 bridgehead atoms. The summed E-state index contributed by atoms with van der Waals surface area (Å²) < 4.78 is 19.1. The van der Waals surface area contributed by atoms with Gasteiger partial charge in [-0.3, -0.25) is 4.90 Å². The Morgan fingerprint density at radius 2 is 2.37 bits per heavy atom. The fourth-order valence-electron chi connectivity index (χ4n) is 2.31. The second kappa shape index (κ2) is 6.12. The number of carboxylic acids is 1. The number of aromatic carboxylic acids is 1. The van der Waals surface area contributed by atoms with Crippen LogP contribution in [0.4, 0.5) is 4.39 Å². The maximum atomic E-state index is 13.6. The average molecular weight is 267 g/mol. The van der Waals surface area contributed by atoms with Crippen LogP contribution in [-0.4, -0.2) is 41.8 Å². The summed E-state index contributed by atoms with van der Waals surface area (Å²) in [5, 5.41) is 8.78. The largest absolute Gasteiger partial charge is 0.478 e. The highest BCUT2D eigenvalue weighted by Gasteiger charge is 2.16. The maximum Gasteiger partial charge on any atom is 0.338 e. The number of rotatable bonds is 3. The Balaban J connectivity index is 2.06. The number of benzene rings is 1. The van der Waals surface area contributed by atoms with E-state index in [-0.39, 0.29) is 11.7 Å². The molecule has 0 aliphatic carbocycles. The Labute approximate surface area is 111 Å². The summed E-state index contributed by atoms with van der Waals surface area (Å²) >= 11 is 0. The molecule has 1 heterocycles. The van der Waals surface area contributed by atoms with Gasteiger partial charge in [-0.15, -0.1) is 0 Å². The summed E-state index contributed by atoms with van der Waals surface area (Å²) in [4.78, 5) is 12.9. The molecule has 4 nitrogen and oxygen atoms in total. The van der Waals surface area contributed by atoms with Gasteiger partial charge in [-0.1, -0.05) is 6.07 Å². The first kappa shape index (κ1) is 14.0. The van der Waals surface area contributed by atoms with E-state index in [1.807, 2.05) is 6.92 Å². The first-order valence-electron chi connectivity index (χ1n) is 6.42. The first-order valence-corrected chi connectivity index (χ1v) is 6.42. The van der Waals surface area contributed by atoms with Crippen molar-refractivity contribution >= 4 is 5.97 Å². The number of halogens is 1. The lowest BCUT2D eigenvalue weighted by atomic mass is 10.1. The van der Waals surface area contributed by atoms with Gasteiger partial charge in [0.2, 0.25) is 0 Å². The number of nitrogens with zero attached hydrogens (tertiary/aromatic N) is 1. The fourth-order valence-corrected chi connectivity index (χ4v) is 2.31. The monoisotopic (exact) mass is 267 g/mol. The van der Waals surface area contributed by atoms with Crippen LogP contribution in [0.15, 0.2) is 18.2 Å². The Bertz CT molecular complexity index is 464. The molecule has 104 valence electrons. The van der Waals surface area contributed by atoms with Crippen LogP contribution in [0.3, 0.4) is 0 Å². The van der Waals surface area contributed by atoms with Gasteiger partial charge in [0.05, 0.1) is 11.7 Å². The molecule has 0 spiro atoms. The molecule has 1 aromatic rings. The Morgan fingerprint density at radius 3 is 3.05 bits per heavy atom. The van der Waals surface area contributed by atoms with Crippen molar-refractivity contribution in [2.75, 3.05) is 19.7 Å². The molecule has 1 fully saturated rings. The van der Waals surface area contributed by atoms with Gasteiger partial charge >= 0.3 is 5.97 Å². The summed E-state index contributed by atoms with van der Waals surface area (Å²) in [6.07, 6.45) is 1.13. The van der Waals surface area contributed by atoms with Gasteiger partial charge in [-0.25, -0.2) is 9.18 Å². The third-order valence-corrected chi connectivity index (χ3v) is 3.21. The van der Waals surface area contributed by atoms with Crippen molar-refractivity contribution in [3.8, 4) is 0 Å². The number of hydrogen-bond donors (Lipinski definition) is 1.